The molecule has 0 saturated heterocycles. The first-order valence-corrected chi connectivity index (χ1v) is 23.4. The molecule has 4 N–H and O–H groups in total. The van der Waals surface area contributed by atoms with E-state index in [1.807, 2.05) is 206 Å². The number of aromatic hydroxyl groups is 4. The van der Waals surface area contributed by atoms with Crippen LogP contribution in [0.15, 0.2) is 275 Å². The van der Waals surface area contributed by atoms with Gasteiger partial charge >= 0.3 is 0 Å². The van der Waals surface area contributed by atoms with Crippen molar-refractivity contribution in [2.45, 2.75) is 0 Å². The standard InChI is InChI=1S/C64H46N4O4/c69-57-33-17-13-29-49(57)61(43-21-5-1-6-22-43)65-53-39-37-47(41-55(53)67-63(45-25-9-3-10-26-45)51-31-15-19-35-59(51)71)48-38-40-54(66-62(44-23-7-2-8-24-44)50-30-14-18-34-58(50)70)56(42-48)68-64(46-27-11-4-12-28-46)52-32-16-20-36-60(52)72/h1-42,69-72H. The van der Waals surface area contributed by atoms with Gasteiger partial charge in [0.15, 0.2) is 0 Å². The van der Waals surface area contributed by atoms with Gasteiger partial charge in [0.25, 0.3) is 0 Å². The minimum Gasteiger partial charge on any atom is -0.507 e. The van der Waals surface area contributed by atoms with Crippen molar-refractivity contribution in [3.05, 3.63) is 299 Å². The Morgan fingerprint density at radius 1 is 0.222 bits per heavy atom. The van der Waals surface area contributed by atoms with Crippen LogP contribution in [-0.2, 0) is 0 Å². The highest BCUT2D eigenvalue weighted by atomic mass is 16.3. The maximum absolute atomic E-state index is 11.3. The van der Waals surface area contributed by atoms with Crippen molar-refractivity contribution in [3.63, 3.8) is 0 Å². The Labute approximate surface area is 417 Å². The van der Waals surface area contributed by atoms with Gasteiger partial charge in [0, 0.05) is 44.5 Å². The molecule has 8 nitrogen and oxygen atoms in total. The number of rotatable bonds is 13. The number of phenols is 4. The first-order valence-electron chi connectivity index (χ1n) is 23.4. The first-order chi connectivity index (χ1) is 35.4. The molecule has 0 aliphatic heterocycles. The van der Waals surface area contributed by atoms with E-state index in [2.05, 4.69) is 0 Å². The molecule has 0 atom stereocenters. The molecule has 8 heteroatoms. The fourth-order valence-electron chi connectivity index (χ4n) is 8.46. The van der Waals surface area contributed by atoms with Crippen LogP contribution in [0, 0.1) is 0 Å². The van der Waals surface area contributed by atoms with Crippen LogP contribution in [-0.4, -0.2) is 43.3 Å². The summed E-state index contributed by atoms with van der Waals surface area (Å²) in [7, 11) is 0. The van der Waals surface area contributed by atoms with E-state index >= 15 is 0 Å². The van der Waals surface area contributed by atoms with Gasteiger partial charge in [-0.2, -0.15) is 0 Å². The van der Waals surface area contributed by atoms with Crippen LogP contribution in [0.1, 0.15) is 44.5 Å². The SMILES string of the molecule is Oc1ccccc1C(=Nc1ccc(-c2ccc(N=C(c3ccccc3)c3ccccc3O)c(N=C(c3ccccc3)c3ccccc3O)c2)cc1N=C(c1ccccc1)c1ccccc1O)c1ccccc1. The van der Waals surface area contributed by atoms with Crippen LogP contribution in [0.25, 0.3) is 11.1 Å². The molecule has 0 saturated carbocycles. The summed E-state index contributed by atoms with van der Waals surface area (Å²) >= 11 is 0. The zero-order chi connectivity index (χ0) is 49.2. The van der Waals surface area contributed by atoms with E-state index in [0.29, 0.717) is 67.9 Å². The predicted octanol–water partition coefficient (Wildman–Crippen LogP) is 14.9. The molecule has 0 aliphatic rings. The number of benzene rings is 10. The molecule has 0 aromatic heterocycles. The lowest BCUT2D eigenvalue weighted by Gasteiger charge is -2.15. The molecule has 0 radical (unpaired) electrons. The maximum Gasteiger partial charge on any atom is 0.124 e. The van der Waals surface area contributed by atoms with Gasteiger partial charge in [-0.1, -0.05) is 182 Å². The van der Waals surface area contributed by atoms with E-state index in [0.717, 1.165) is 33.4 Å². The minimum atomic E-state index is 0.0662. The average Bonchev–Trinajstić information content (AvgIpc) is 3.43. The molecule has 0 unspecified atom stereocenters. The zero-order valence-electron chi connectivity index (χ0n) is 38.8. The number of nitrogens with zero attached hydrogens (tertiary/aromatic N) is 4. The monoisotopic (exact) mass is 934 g/mol. The highest BCUT2D eigenvalue weighted by Gasteiger charge is 2.20. The Hall–Kier alpha value is -9.92. The van der Waals surface area contributed by atoms with Gasteiger partial charge in [0.2, 0.25) is 0 Å². The summed E-state index contributed by atoms with van der Waals surface area (Å²) < 4.78 is 0. The fourth-order valence-corrected chi connectivity index (χ4v) is 8.46. The molecular formula is C64H46N4O4. The molecule has 0 amide bonds. The normalized spacial score (nSPS) is 12.2. The smallest absolute Gasteiger partial charge is 0.124 e. The van der Waals surface area contributed by atoms with E-state index in [-0.39, 0.29) is 23.0 Å². The summed E-state index contributed by atoms with van der Waals surface area (Å²) in [5.74, 6) is 0.287. The zero-order valence-corrected chi connectivity index (χ0v) is 38.8. The molecule has 346 valence electrons. The lowest BCUT2D eigenvalue weighted by Crippen LogP contribution is -2.04. The van der Waals surface area contributed by atoms with Gasteiger partial charge in [-0.05, 0) is 83.9 Å². The van der Waals surface area contributed by atoms with Crippen LogP contribution in [0.3, 0.4) is 0 Å². The number of hydrogen-bond acceptors (Lipinski definition) is 8. The van der Waals surface area contributed by atoms with Crippen molar-refractivity contribution < 1.29 is 20.4 Å². The summed E-state index contributed by atoms with van der Waals surface area (Å²) in [5, 5.41) is 45.2. The summed E-state index contributed by atoms with van der Waals surface area (Å²) in [4.78, 5) is 21.4. The molecule has 10 aromatic carbocycles. The summed E-state index contributed by atoms with van der Waals surface area (Å²) in [5.41, 5.74) is 10.9. The van der Waals surface area contributed by atoms with Crippen LogP contribution in [0.2, 0.25) is 0 Å². The third-order valence-electron chi connectivity index (χ3n) is 12.0. The lowest BCUT2D eigenvalue weighted by atomic mass is 9.98. The van der Waals surface area contributed by atoms with E-state index in [9.17, 15) is 20.4 Å². The predicted molar refractivity (Wildman–Crippen MR) is 291 cm³/mol. The van der Waals surface area contributed by atoms with Crippen LogP contribution < -0.4 is 0 Å². The minimum absolute atomic E-state index is 0.0662. The first kappa shape index (κ1) is 45.8. The summed E-state index contributed by atoms with van der Waals surface area (Å²) in [6.45, 7) is 0. The molecule has 10 rings (SSSR count). The van der Waals surface area contributed by atoms with Crippen LogP contribution in [0.5, 0.6) is 23.0 Å². The van der Waals surface area contributed by atoms with Crippen molar-refractivity contribution in [1.82, 2.24) is 0 Å². The van der Waals surface area contributed by atoms with Crippen LogP contribution >= 0.6 is 0 Å². The second-order valence-corrected chi connectivity index (χ2v) is 16.8. The van der Waals surface area contributed by atoms with E-state index in [4.69, 9.17) is 20.0 Å². The van der Waals surface area contributed by atoms with Gasteiger partial charge < -0.3 is 20.4 Å². The maximum atomic E-state index is 11.3. The third kappa shape index (κ3) is 10.1. The number of para-hydroxylation sites is 4. The van der Waals surface area contributed by atoms with E-state index in [1.54, 1.807) is 48.5 Å². The van der Waals surface area contributed by atoms with Gasteiger partial charge in [0.1, 0.15) is 23.0 Å². The summed E-state index contributed by atoms with van der Waals surface area (Å²) in [6, 6.07) is 78.9. The van der Waals surface area contributed by atoms with Crippen molar-refractivity contribution in [1.29, 1.82) is 0 Å². The third-order valence-corrected chi connectivity index (χ3v) is 12.0. The molecule has 0 spiro atoms. The topological polar surface area (TPSA) is 130 Å². The van der Waals surface area contributed by atoms with Gasteiger partial charge in [-0.15, -0.1) is 0 Å². The Kier molecular flexibility index (Phi) is 13.5. The Morgan fingerprint density at radius 2 is 0.444 bits per heavy atom. The number of aliphatic imine (C=N–C) groups is 4. The van der Waals surface area contributed by atoms with E-state index in [1.165, 1.54) is 0 Å². The second kappa shape index (κ2) is 21.2. The lowest BCUT2D eigenvalue weighted by molar-refractivity contribution is 0.473. The number of phenolic OH excluding ortho intramolecular Hbond substituents is 4. The highest BCUT2D eigenvalue weighted by Crippen LogP contribution is 2.41. The van der Waals surface area contributed by atoms with Crippen molar-refractivity contribution in [3.8, 4) is 34.1 Å². The average molecular weight is 935 g/mol. The largest absolute Gasteiger partial charge is 0.507 e. The Balaban J connectivity index is 1.24. The van der Waals surface area contributed by atoms with E-state index < -0.39 is 0 Å². The molecule has 0 bridgehead atoms. The van der Waals surface area contributed by atoms with Crippen molar-refractivity contribution >= 4 is 45.6 Å². The van der Waals surface area contributed by atoms with Gasteiger partial charge in [-0.3, -0.25) is 0 Å². The highest BCUT2D eigenvalue weighted by molar-refractivity contribution is 6.19. The summed E-state index contributed by atoms with van der Waals surface area (Å²) in [6.07, 6.45) is 0. The van der Waals surface area contributed by atoms with Crippen molar-refractivity contribution in [2.75, 3.05) is 0 Å². The van der Waals surface area contributed by atoms with Crippen LogP contribution in [0.4, 0.5) is 22.7 Å². The molecule has 10 aromatic rings. The van der Waals surface area contributed by atoms with Gasteiger partial charge in [-0.25, -0.2) is 20.0 Å². The van der Waals surface area contributed by atoms with Crippen molar-refractivity contribution in [2.24, 2.45) is 20.0 Å². The molecule has 0 aliphatic carbocycles. The Bertz CT molecular complexity index is 3420. The molecule has 72 heavy (non-hydrogen) atoms. The second-order valence-electron chi connectivity index (χ2n) is 16.8. The molecule has 0 fully saturated rings. The Morgan fingerprint density at radius 3 is 0.694 bits per heavy atom. The van der Waals surface area contributed by atoms with Gasteiger partial charge in [0.05, 0.1) is 45.6 Å². The number of hydrogen-bond donors (Lipinski definition) is 4. The molecule has 0 heterocycles. The molecular weight excluding hydrogens is 889 g/mol. The fraction of sp³-hybridized carbons (Fsp3) is 0. The quantitative estimate of drug-likeness (QED) is 0.0858.